The van der Waals surface area contributed by atoms with E-state index < -0.39 is 6.04 Å². The summed E-state index contributed by atoms with van der Waals surface area (Å²) >= 11 is 11.8. The lowest BCUT2D eigenvalue weighted by Crippen LogP contribution is -2.41. The minimum Gasteiger partial charge on any atom is -0.350 e. The molecule has 0 unspecified atom stereocenters. The van der Waals surface area contributed by atoms with Gasteiger partial charge in [0.1, 0.15) is 6.04 Å². The van der Waals surface area contributed by atoms with Gasteiger partial charge in [0.05, 0.1) is 0 Å². The van der Waals surface area contributed by atoms with E-state index in [1.165, 1.54) is 0 Å². The largest absolute Gasteiger partial charge is 0.350 e. The topological polar surface area (TPSA) is 58.2 Å². The van der Waals surface area contributed by atoms with Gasteiger partial charge in [-0.3, -0.25) is 9.59 Å². The molecule has 0 radical (unpaired) electrons. The molecule has 0 spiro atoms. The first kappa shape index (κ1) is 13.2. The SMILES string of the molecule is O=C1CC[C@@H](C(=O)NCc2ccc(Cl)cc2Cl)N1. The number of hydrogen-bond acceptors (Lipinski definition) is 2. The fraction of sp³-hybridized carbons (Fsp3) is 0.333. The molecule has 2 N–H and O–H groups in total. The molecule has 1 saturated heterocycles. The van der Waals surface area contributed by atoms with Crippen molar-refractivity contribution < 1.29 is 9.59 Å². The summed E-state index contributed by atoms with van der Waals surface area (Å²) in [4.78, 5) is 22.7. The van der Waals surface area contributed by atoms with Crippen molar-refractivity contribution in [3.63, 3.8) is 0 Å². The first-order valence-electron chi connectivity index (χ1n) is 5.57. The number of rotatable bonds is 3. The van der Waals surface area contributed by atoms with Crippen molar-refractivity contribution in [1.82, 2.24) is 10.6 Å². The molecule has 1 aliphatic heterocycles. The molecule has 6 heteroatoms. The second-order valence-corrected chi connectivity index (χ2v) is 4.96. The zero-order valence-electron chi connectivity index (χ0n) is 9.50. The molecule has 1 atom stereocenters. The molecule has 1 aromatic carbocycles. The predicted octanol–water partition coefficient (Wildman–Crippen LogP) is 1.89. The van der Waals surface area contributed by atoms with Crippen molar-refractivity contribution in [1.29, 1.82) is 0 Å². The summed E-state index contributed by atoms with van der Waals surface area (Å²) in [5.74, 6) is -0.272. The zero-order chi connectivity index (χ0) is 13.1. The van der Waals surface area contributed by atoms with Crippen molar-refractivity contribution in [2.24, 2.45) is 0 Å². The molecule has 1 heterocycles. The highest BCUT2D eigenvalue weighted by Crippen LogP contribution is 2.20. The monoisotopic (exact) mass is 286 g/mol. The smallest absolute Gasteiger partial charge is 0.242 e. The van der Waals surface area contributed by atoms with E-state index in [0.717, 1.165) is 5.56 Å². The van der Waals surface area contributed by atoms with E-state index in [9.17, 15) is 9.59 Å². The molecule has 2 rings (SSSR count). The number of amides is 2. The zero-order valence-corrected chi connectivity index (χ0v) is 11.0. The van der Waals surface area contributed by atoms with Crippen LogP contribution in [0.5, 0.6) is 0 Å². The molecular weight excluding hydrogens is 275 g/mol. The summed E-state index contributed by atoms with van der Waals surface area (Å²) in [7, 11) is 0. The van der Waals surface area contributed by atoms with Gasteiger partial charge in [0.25, 0.3) is 0 Å². The van der Waals surface area contributed by atoms with Crippen LogP contribution >= 0.6 is 23.2 Å². The molecular formula is C12H12Cl2N2O2. The van der Waals surface area contributed by atoms with Crippen molar-refractivity contribution >= 4 is 35.0 Å². The minimum atomic E-state index is -0.427. The van der Waals surface area contributed by atoms with Crippen LogP contribution in [0, 0.1) is 0 Å². The lowest BCUT2D eigenvalue weighted by atomic mass is 10.2. The van der Waals surface area contributed by atoms with Gasteiger partial charge in [0.15, 0.2) is 0 Å². The standard InChI is InChI=1S/C12H12Cl2N2O2/c13-8-2-1-7(9(14)5-8)6-15-12(18)10-3-4-11(17)16-10/h1-2,5,10H,3-4,6H2,(H,15,18)(H,16,17)/t10-/m0/s1. The van der Waals surface area contributed by atoms with E-state index in [2.05, 4.69) is 10.6 Å². The molecule has 0 saturated carbocycles. The van der Waals surface area contributed by atoms with Crippen LogP contribution in [0.15, 0.2) is 18.2 Å². The molecule has 1 aromatic rings. The Bertz CT molecular complexity index is 491. The summed E-state index contributed by atoms with van der Waals surface area (Å²) in [5, 5.41) is 6.42. The summed E-state index contributed by atoms with van der Waals surface area (Å²) in [5.41, 5.74) is 0.791. The van der Waals surface area contributed by atoms with Crippen LogP contribution in [0.3, 0.4) is 0 Å². The second-order valence-electron chi connectivity index (χ2n) is 4.11. The van der Waals surface area contributed by atoms with Gasteiger partial charge in [-0.25, -0.2) is 0 Å². The van der Waals surface area contributed by atoms with Gasteiger partial charge in [-0.05, 0) is 24.1 Å². The Balaban J connectivity index is 1.91. The van der Waals surface area contributed by atoms with Gasteiger partial charge in [0.2, 0.25) is 11.8 Å². The lowest BCUT2D eigenvalue weighted by Gasteiger charge is -2.11. The van der Waals surface area contributed by atoms with Crippen LogP contribution in [0.4, 0.5) is 0 Å². The van der Waals surface area contributed by atoms with Gasteiger partial charge in [-0.2, -0.15) is 0 Å². The summed E-state index contributed by atoms with van der Waals surface area (Å²) in [6.45, 7) is 0.321. The van der Waals surface area contributed by atoms with E-state index in [1.807, 2.05) is 0 Å². The average molecular weight is 287 g/mol. The van der Waals surface area contributed by atoms with E-state index in [1.54, 1.807) is 18.2 Å². The highest BCUT2D eigenvalue weighted by molar-refractivity contribution is 6.35. The van der Waals surface area contributed by atoms with E-state index in [0.29, 0.717) is 29.4 Å². The highest BCUT2D eigenvalue weighted by atomic mass is 35.5. The van der Waals surface area contributed by atoms with E-state index in [4.69, 9.17) is 23.2 Å². The minimum absolute atomic E-state index is 0.0836. The maximum Gasteiger partial charge on any atom is 0.242 e. The summed E-state index contributed by atoms with van der Waals surface area (Å²) < 4.78 is 0. The lowest BCUT2D eigenvalue weighted by molar-refractivity contribution is -0.125. The molecule has 2 amide bonds. The fourth-order valence-corrected chi connectivity index (χ4v) is 2.26. The summed E-state index contributed by atoms with van der Waals surface area (Å²) in [6, 6.07) is 4.68. The Morgan fingerprint density at radius 1 is 1.44 bits per heavy atom. The van der Waals surface area contributed by atoms with Crippen LogP contribution in [-0.2, 0) is 16.1 Å². The molecule has 18 heavy (non-hydrogen) atoms. The second kappa shape index (κ2) is 5.59. The van der Waals surface area contributed by atoms with Crippen molar-refractivity contribution in [2.75, 3.05) is 0 Å². The predicted molar refractivity (Wildman–Crippen MR) is 69.5 cm³/mol. The number of halogens is 2. The quantitative estimate of drug-likeness (QED) is 0.892. The third-order valence-corrected chi connectivity index (χ3v) is 3.37. The Morgan fingerprint density at radius 2 is 2.22 bits per heavy atom. The van der Waals surface area contributed by atoms with Gasteiger partial charge in [-0.15, -0.1) is 0 Å². The molecule has 0 bridgehead atoms. The molecule has 4 nitrogen and oxygen atoms in total. The van der Waals surface area contributed by atoms with Crippen LogP contribution in [0.1, 0.15) is 18.4 Å². The van der Waals surface area contributed by atoms with Gasteiger partial charge in [-0.1, -0.05) is 29.3 Å². The van der Waals surface area contributed by atoms with Gasteiger partial charge in [0, 0.05) is 23.0 Å². The molecule has 0 aliphatic carbocycles. The van der Waals surface area contributed by atoms with Crippen LogP contribution < -0.4 is 10.6 Å². The average Bonchev–Trinajstić information content (AvgIpc) is 2.74. The number of hydrogen-bond donors (Lipinski definition) is 2. The van der Waals surface area contributed by atoms with E-state index in [-0.39, 0.29) is 11.8 Å². The van der Waals surface area contributed by atoms with Crippen molar-refractivity contribution in [3.8, 4) is 0 Å². The first-order chi connectivity index (χ1) is 8.56. The number of carbonyl (C=O) groups is 2. The number of benzene rings is 1. The molecule has 0 aromatic heterocycles. The molecule has 96 valence electrons. The molecule has 1 fully saturated rings. The highest BCUT2D eigenvalue weighted by Gasteiger charge is 2.26. The fourth-order valence-electron chi connectivity index (χ4n) is 1.78. The first-order valence-corrected chi connectivity index (χ1v) is 6.33. The summed E-state index contributed by atoms with van der Waals surface area (Å²) in [6.07, 6.45) is 0.943. The van der Waals surface area contributed by atoms with Crippen LogP contribution in [-0.4, -0.2) is 17.9 Å². The van der Waals surface area contributed by atoms with Crippen LogP contribution in [0.25, 0.3) is 0 Å². The number of carbonyl (C=O) groups excluding carboxylic acids is 2. The Hall–Kier alpha value is -1.26. The maximum absolute atomic E-state index is 11.7. The van der Waals surface area contributed by atoms with E-state index >= 15 is 0 Å². The van der Waals surface area contributed by atoms with Crippen molar-refractivity contribution in [2.45, 2.75) is 25.4 Å². The van der Waals surface area contributed by atoms with Gasteiger partial charge >= 0.3 is 0 Å². The third kappa shape index (κ3) is 3.15. The Labute approximate surface area is 115 Å². The third-order valence-electron chi connectivity index (χ3n) is 2.78. The van der Waals surface area contributed by atoms with Crippen LogP contribution in [0.2, 0.25) is 10.0 Å². The number of nitrogens with one attached hydrogen (secondary N) is 2. The van der Waals surface area contributed by atoms with Crippen molar-refractivity contribution in [3.05, 3.63) is 33.8 Å². The van der Waals surface area contributed by atoms with Gasteiger partial charge < -0.3 is 10.6 Å². The Kier molecular flexibility index (Phi) is 4.09. The maximum atomic E-state index is 11.7. The normalized spacial score (nSPS) is 18.6. The Morgan fingerprint density at radius 3 is 2.83 bits per heavy atom. The molecule has 1 aliphatic rings.